The third-order valence-electron chi connectivity index (χ3n) is 4.31. The van der Waals surface area contributed by atoms with Gasteiger partial charge in [0.25, 0.3) is 0 Å². The molecule has 2 aliphatic heterocycles. The van der Waals surface area contributed by atoms with Crippen molar-refractivity contribution in [1.82, 2.24) is 4.90 Å². The van der Waals surface area contributed by atoms with E-state index in [2.05, 4.69) is 0 Å². The summed E-state index contributed by atoms with van der Waals surface area (Å²) in [5.74, 6) is -0.698. The number of amides is 1. The number of carbonyl (C=O) groups is 1. The number of carbonyl (C=O) groups excluding carboxylic acids is 1. The maximum atomic E-state index is 12.5. The number of piperidine rings is 1. The van der Waals surface area contributed by atoms with Gasteiger partial charge in [-0.3, -0.25) is 4.79 Å². The Balaban J connectivity index is 1.56. The fourth-order valence-corrected chi connectivity index (χ4v) is 2.91. The summed E-state index contributed by atoms with van der Waals surface area (Å²) >= 11 is 0. The predicted octanol–water partition coefficient (Wildman–Crippen LogP) is 3.08. The molecule has 1 spiro atoms. The standard InChI is InChI=1S/C17H18F3NO3/c18-17(19,20)14-4-1-13(2-5-14)3-6-15(22)21-9-7-16(8-10-21)23-11-12-24-16/h1-6H,7-12H2/b6-3+. The van der Waals surface area contributed by atoms with E-state index in [1.165, 1.54) is 24.3 Å². The van der Waals surface area contributed by atoms with E-state index in [0.717, 1.165) is 12.1 Å². The molecule has 0 bridgehead atoms. The van der Waals surface area contributed by atoms with Gasteiger partial charge in [0.2, 0.25) is 5.91 Å². The fraction of sp³-hybridized carbons (Fsp3) is 0.471. The van der Waals surface area contributed by atoms with Crippen molar-refractivity contribution in [3.05, 3.63) is 41.5 Å². The lowest BCUT2D eigenvalue weighted by Gasteiger charge is -2.37. The Morgan fingerprint density at radius 2 is 1.67 bits per heavy atom. The van der Waals surface area contributed by atoms with E-state index in [9.17, 15) is 18.0 Å². The first kappa shape index (κ1) is 17.0. The number of benzene rings is 1. The molecule has 2 saturated heterocycles. The van der Waals surface area contributed by atoms with E-state index in [0.29, 0.717) is 44.7 Å². The number of alkyl halides is 3. The second kappa shape index (κ2) is 6.57. The highest BCUT2D eigenvalue weighted by Gasteiger charge is 2.40. The Morgan fingerprint density at radius 3 is 2.21 bits per heavy atom. The Hall–Kier alpha value is -1.86. The summed E-state index contributed by atoms with van der Waals surface area (Å²) in [7, 11) is 0. The molecule has 1 amide bonds. The minimum absolute atomic E-state index is 0.164. The van der Waals surface area contributed by atoms with Gasteiger partial charge in [-0.2, -0.15) is 13.2 Å². The molecule has 0 unspecified atom stereocenters. The Labute approximate surface area is 137 Å². The summed E-state index contributed by atoms with van der Waals surface area (Å²) in [6, 6.07) is 4.70. The van der Waals surface area contributed by atoms with Crippen LogP contribution in [0.15, 0.2) is 30.3 Å². The lowest BCUT2D eigenvalue weighted by molar-refractivity contribution is -0.186. The smallest absolute Gasteiger partial charge is 0.347 e. The van der Waals surface area contributed by atoms with Gasteiger partial charge in [0.05, 0.1) is 18.8 Å². The van der Waals surface area contributed by atoms with Crippen LogP contribution >= 0.6 is 0 Å². The van der Waals surface area contributed by atoms with Crippen molar-refractivity contribution < 1.29 is 27.4 Å². The number of ether oxygens (including phenoxy) is 2. The molecule has 0 aliphatic carbocycles. The zero-order chi connectivity index (χ0) is 17.2. The van der Waals surface area contributed by atoms with Crippen molar-refractivity contribution in [2.45, 2.75) is 24.8 Å². The van der Waals surface area contributed by atoms with E-state index in [4.69, 9.17) is 9.47 Å². The quantitative estimate of drug-likeness (QED) is 0.776. The van der Waals surface area contributed by atoms with Gasteiger partial charge in [-0.1, -0.05) is 12.1 Å². The van der Waals surface area contributed by atoms with Crippen molar-refractivity contribution in [1.29, 1.82) is 0 Å². The summed E-state index contributed by atoms with van der Waals surface area (Å²) < 4.78 is 48.7. The normalized spacial score (nSPS) is 20.9. The Morgan fingerprint density at radius 1 is 1.08 bits per heavy atom. The lowest BCUT2D eigenvalue weighted by Crippen LogP contribution is -2.46. The molecule has 2 aliphatic rings. The highest BCUT2D eigenvalue weighted by atomic mass is 19.4. The van der Waals surface area contributed by atoms with Crippen molar-refractivity contribution in [3.8, 4) is 0 Å². The molecule has 2 heterocycles. The average molecular weight is 341 g/mol. The molecular formula is C17H18F3NO3. The fourth-order valence-electron chi connectivity index (χ4n) is 2.91. The minimum atomic E-state index is -4.35. The van der Waals surface area contributed by atoms with Crippen molar-refractivity contribution >= 4 is 12.0 Å². The molecule has 24 heavy (non-hydrogen) atoms. The van der Waals surface area contributed by atoms with Gasteiger partial charge < -0.3 is 14.4 Å². The third-order valence-corrected chi connectivity index (χ3v) is 4.31. The van der Waals surface area contributed by atoms with Crippen LogP contribution < -0.4 is 0 Å². The molecule has 0 atom stereocenters. The summed E-state index contributed by atoms with van der Waals surface area (Å²) in [5.41, 5.74) is -0.156. The summed E-state index contributed by atoms with van der Waals surface area (Å²) in [4.78, 5) is 13.9. The molecule has 0 N–H and O–H groups in total. The van der Waals surface area contributed by atoms with E-state index >= 15 is 0 Å². The summed E-state index contributed by atoms with van der Waals surface area (Å²) in [6.07, 6.45) is -0.182. The van der Waals surface area contributed by atoms with Gasteiger partial charge in [-0.25, -0.2) is 0 Å². The molecule has 4 nitrogen and oxygen atoms in total. The predicted molar refractivity (Wildman–Crippen MR) is 80.9 cm³/mol. The molecular weight excluding hydrogens is 323 g/mol. The molecule has 130 valence electrons. The number of hydrogen-bond donors (Lipinski definition) is 0. The van der Waals surface area contributed by atoms with Gasteiger partial charge in [0, 0.05) is 32.0 Å². The van der Waals surface area contributed by atoms with Crippen LogP contribution in [0.25, 0.3) is 6.08 Å². The Kier molecular flexibility index (Phi) is 4.64. The van der Waals surface area contributed by atoms with Crippen molar-refractivity contribution in [3.63, 3.8) is 0 Å². The van der Waals surface area contributed by atoms with Crippen LogP contribution in [0.1, 0.15) is 24.0 Å². The second-order valence-corrected chi connectivity index (χ2v) is 5.89. The minimum Gasteiger partial charge on any atom is -0.347 e. The first-order valence-corrected chi connectivity index (χ1v) is 7.80. The summed E-state index contributed by atoms with van der Waals surface area (Å²) in [6.45, 7) is 2.25. The first-order valence-electron chi connectivity index (χ1n) is 7.80. The van der Waals surface area contributed by atoms with Crippen molar-refractivity contribution in [2.24, 2.45) is 0 Å². The van der Waals surface area contributed by atoms with E-state index in [-0.39, 0.29) is 5.91 Å². The monoisotopic (exact) mass is 341 g/mol. The van der Waals surface area contributed by atoms with Gasteiger partial charge in [-0.15, -0.1) is 0 Å². The number of hydrogen-bond acceptors (Lipinski definition) is 3. The molecule has 0 aromatic heterocycles. The molecule has 0 saturated carbocycles. The van der Waals surface area contributed by atoms with E-state index in [1.807, 2.05) is 0 Å². The van der Waals surface area contributed by atoms with Gasteiger partial charge in [0.15, 0.2) is 5.79 Å². The zero-order valence-corrected chi connectivity index (χ0v) is 13.0. The maximum Gasteiger partial charge on any atom is 0.416 e. The van der Waals surface area contributed by atoms with Crippen LogP contribution in [-0.2, 0) is 20.4 Å². The van der Waals surface area contributed by atoms with Gasteiger partial charge >= 0.3 is 6.18 Å². The highest BCUT2D eigenvalue weighted by Crippen LogP contribution is 2.31. The van der Waals surface area contributed by atoms with Crippen LogP contribution in [0, 0.1) is 0 Å². The van der Waals surface area contributed by atoms with Crippen LogP contribution in [0.4, 0.5) is 13.2 Å². The summed E-state index contributed by atoms with van der Waals surface area (Å²) in [5, 5.41) is 0. The highest BCUT2D eigenvalue weighted by molar-refractivity contribution is 5.91. The third kappa shape index (κ3) is 3.79. The van der Waals surface area contributed by atoms with Gasteiger partial charge in [0.1, 0.15) is 0 Å². The largest absolute Gasteiger partial charge is 0.416 e. The number of likely N-dealkylation sites (tertiary alicyclic amines) is 1. The average Bonchev–Trinajstić information content (AvgIpc) is 3.01. The number of nitrogens with zero attached hydrogens (tertiary/aromatic N) is 1. The van der Waals surface area contributed by atoms with Gasteiger partial charge in [-0.05, 0) is 23.8 Å². The van der Waals surface area contributed by atoms with Crippen LogP contribution in [0.3, 0.4) is 0 Å². The molecule has 1 aromatic rings. The van der Waals surface area contributed by atoms with Crippen LogP contribution in [-0.4, -0.2) is 42.9 Å². The number of rotatable bonds is 2. The maximum absolute atomic E-state index is 12.5. The number of halogens is 3. The SMILES string of the molecule is O=C(/C=C/c1ccc(C(F)(F)F)cc1)N1CCC2(CC1)OCCO2. The topological polar surface area (TPSA) is 38.8 Å². The lowest BCUT2D eigenvalue weighted by atomic mass is 10.0. The van der Waals surface area contributed by atoms with Crippen molar-refractivity contribution in [2.75, 3.05) is 26.3 Å². The van der Waals surface area contributed by atoms with E-state index < -0.39 is 17.5 Å². The van der Waals surface area contributed by atoms with E-state index in [1.54, 1.807) is 4.90 Å². The van der Waals surface area contributed by atoms with Crippen LogP contribution in [0.5, 0.6) is 0 Å². The Bertz CT molecular complexity index is 609. The molecule has 2 fully saturated rings. The second-order valence-electron chi connectivity index (χ2n) is 5.89. The van der Waals surface area contributed by atoms with Crippen LogP contribution in [0.2, 0.25) is 0 Å². The first-order chi connectivity index (χ1) is 11.4. The zero-order valence-electron chi connectivity index (χ0n) is 13.0. The molecule has 0 radical (unpaired) electrons. The molecule has 3 rings (SSSR count). The molecule has 1 aromatic carbocycles. The molecule has 7 heteroatoms.